The molecule has 1 heterocycles. The maximum Gasteiger partial charge on any atom is 0.308 e. The molecule has 4 rings (SSSR count). The van der Waals surface area contributed by atoms with Crippen molar-refractivity contribution in [1.82, 2.24) is 10.2 Å². The van der Waals surface area contributed by atoms with Gasteiger partial charge in [0.05, 0.1) is 13.5 Å². The van der Waals surface area contributed by atoms with Crippen LogP contribution >= 0.6 is 0 Å². The molecule has 2 amide bonds. The molecular weight excluding hydrogens is 456 g/mol. The van der Waals surface area contributed by atoms with Crippen molar-refractivity contribution in [3.8, 4) is 0 Å². The van der Waals surface area contributed by atoms with Crippen molar-refractivity contribution in [3.05, 3.63) is 95.1 Å². The molecule has 0 saturated carbocycles. The molecule has 1 aliphatic rings. The van der Waals surface area contributed by atoms with E-state index in [1.54, 1.807) is 29.2 Å². The SMILES string of the molecule is COC(=O)CC1Nc2cc(C(=O)NCc3ccc(N)cc3)ccc2CN(CCc2ccccc2)C1=O. The van der Waals surface area contributed by atoms with Gasteiger partial charge in [0.25, 0.3) is 5.91 Å². The minimum atomic E-state index is -0.789. The standard InChI is InChI=1S/C28H30N4O4/c1-36-26(33)16-25-28(35)32(14-13-19-5-3-2-4-6-19)18-22-10-9-21(15-24(22)31-25)27(34)30-17-20-7-11-23(29)12-8-20/h2-12,15,25,31H,13-14,16-18,29H2,1H3,(H,30,34). The largest absolute Gasteiger partial charge is 0.469 e. The number of carbonyl (C=O) groups is 3. The fourth-order valence-electron chi connectivity index (χ4n) is 4.15. The second-order valence-electron chi connectivity index (χ2n) is 8.77. The molecule has 0 aliphatic carbocycles. The molecule has 8 heteroatoms. The second kappa shape index (κ2) is 11.4. The van der Waals surface area contributed by atoms with Crippen LogP contribution in [0.2, 0.25) is 0 Å². The quantitative estimate of drug-likeness (QED) is 0.333. The highest BCUT2D eigenvalue weighted by Crippen LogP contribution is 2.26. The molecule has 0 aromatic heterocycles. The summed E-state index contributed by atoms with van der Waals surface area (Å²) in [5.41, 5.74) is 10.4. The first-order valence-electron chi connectivity index (χ1n) is 11.8. The number of amides is 2. The molecule has 0 bridgehead atoms. The number of esters is 1. The zero-order valence-electron chi connectivity index (χ0n) is 20.2. The Kier molecular flexibility index (Phi) is 7.85. The van der Waals surface area contributed by atoms with Gasteiger partial charge in [-0.1, -0.05) is 48.5 Å². The molecule has 1 unspecified atom stereocenters. The first-order valence-corrected chi connectivity index (χ1v) is 11.8. The van der Waals surface area contributed by atoms with Gasteiger partial charge in [-0.2, -0.15) is 0 Å². The lowest BCUT2D eigenvalue weighted by atomic mass is 10.1. The minimum Gasteiger partial charge on any atom is -0.469 e. The van der Waals surface area contributed by atoms with Crippen LogP contribution in [0, 0.1) is 0 Å². The molecule has 0 spiro atoms. The number of rotatable bonds is 8. The molecule has 3 aromatic rings. The highest BCUT2D eigenvalue weighted by molar-refractivity contribution is 5.96. The zero-order chi connectivity index (χ0) is 25.5. The van der Waals surface area contributed by atoms with E-state index in [4.69, 9.17) is 10.5 Å². The van der Waals surface area contributed by atoms with E-state index in [1.165, 1.54) is 7.11 Å². The van der Waals surface area contributed by atoms with Crippen LogP contribution in [0.5, 0.6) is 0 Å². The van der Waals surface area contributed by atoms with Gasteiger partial charge in [-0.25, -0.2) is 0 Å². The maximum atomic E-state index is 13.4. The van der Waals surface area contributed by atoms with Crippen LogP contribution in [0.3, 0.4) is 0 Å². The van der Waals surface area contributed by atoms with Gasteiger partial charge in [0.15, 0.2) is 0 Å². The number of nitrogens with one attached hydrogen (secondary N) is 2. The van der Waals surface area contributed by atoms with Gasteiger partial charge in [0.1, 0.15) is 6.04 Å². The number of methoxy groups -OCH3 is 1. The third kappa shape index (κ3) is 6.21. The summed E-state index contributed by atoms with van der Waals surface area (Å²) in [5.74, 6) is -0.899. The van der Waals surface area contributed by atoms with Crippen molar-refractivity contribution in [1.29, 1.82) is 0 Å². The molecular formula is C28H30N4O4. The number of hydrogen-bond donors (Lipinski definition) is 3. The lowest BCUT2D eigenvalue weighted by molar-refractivity contribution is -0.144. The van der Waals surface area contributed by atoms with Crippen LogP contribution in [0.15, 0.2) is 72.8 Å². The topological polar surface area (TPSA) is 114 Å². The van der Waals surface area contributed by atoms with Crippen LogP contribution in [-0.4, -0.2) is 42.4 Å². The van der Waals surface area contributed by atoms with E-state index in [1.807, 2.05) is 48.5 Å². The molecule has 3 aromatic carbocycles. The van der Waals surface area contributed by atoms with Gasteiger partial charge in [-0.3, -0.25) is 14.4 Å². The number of nitrogen functional groups attached to an aromatic ring is 1. The average Bonchev–Trinajstić information content (AvgIpc) is 3.03. The second-order valence-corrected chi connectivity index (χ2v) is 8.77. The van der Waals surface area contributed by atoms with Gasteiger partial charge < -0.3 is 26.0 Å². The first-order chi connectivity index (χ1) is 17.4. The third-order valence-corrected chi connectivity index (χ3v) is 6.22. The van der Waals surface area contributed by atoms with E-state index in [-0.39, 0.29) is 18.2 Å². The summed E-state index contributed by atoms with van der Waals surface area (Å²) in [4.78, 5) is 40.0. The number of carbonyl (C=O) groups excluding carboxylic acids is 3. The summed E-state index contributed by atoms with van der Waals surface area (Å²) in [7, 11) is 1.30. The summed E-state index contributed by atoms with van der Waals surface area (Å²) in [5, 5.41) is 6.10. The summed E-state index contributed by atoms with van der Waals surface area (Å²) < 4.78 is 4.82. The third-order valence-electron chi connectivity index (χ3n) is 6.22. The summed E-state index contributed by atoms with van der Waals surface area (Å²) in [6, 6.07) is 21.8. The van der Waals surface area contributed by atoms with Crippen LogP contribution in [0.4, 0.5) is 11.4 Å². The average molecular weight is 487 g/mol. The van der Waals surface area contributed by atoms with Gasteiger partial charge in [0.2, 0.25) is 5.91 Å². The Morgan fingerprint density at radius 3 is 2.53 bits per heavy atom. The molecule has 0 fully saturated rings. The lowest BCUT2D eigenvalue weighted by Crippen LogP contribution is -2.42. The zero-order valence-corrected chi connectivity index (χ0v) is 20.2. The smallest absolute Gasteiger partial charge is 0.308 e. The minimum absolute atomic E-state index is 0.107. The molecule has 1 aliphatic heterocycles. The molecule has 0 radical (unpaired) electrons. The van der Waals surface area contributed by atoms with E-state index < -0.39 is 12.0 Å². The van der Waals surface area contributed by atoms with Crippen LogP contribution < -0.4 is 16.4 Å². The number of ether oxygens (including phenoxy) is 1. The highest BCUT2D eigenvalue weighted by Gasteiger charge is 2.31. The first kappa shape index (κ1) is 24.8. The van der Waals surface area contributed by atoms with Crippen molar-refractivity contribution in [2.75, 3.05) is 24.7 Å². The van der Waals surface area contributed by atoms with Crippen molar-refractivity contribution >= 4 is 29.2 Å². The van der Waals surface area contributed by atoms with E-state index in [2.05, 4.69) is 10.6 Å². The Bertz CT molecular complexity index is 1230. The summed E-state index contributed by atoms with van der Waals surface area (Å²) in [6.07, 6.45) is 0.586. The Hall–Kier alpha value is -4.33. The lowest BCUT2D eigenvalue weighted by Gasteiger charge is -2.24. The highest BCUT2D eigenvalue weighted by atomic mass is 16.5. The summed E-state index contributed by atoms with van der Waals surface area (Å²) >= 11 is 0. The van der Waals surface area contributed by atoms with Crippen LogP contribution in [0.25, 0.3) is 0 Å². The van der Waals surface area contributed by atoms with Gasteiger partial charge in [-0.05, 0) is 47.4 Å². The fourth-order valence-corrected chi connectivity index (χ4v) is 4.15. The predicted molar refractivity (Wildman–Crippen MR) is 138 cm³/mol. The normalized spacial score (nSPS) is 14.9. The van der Waals surface area contributed by atoms with E-state index >= 15 is 0 Å². The maximum absolute atomic E-state index is 13.4. The summed E-state index contributed by atoms with van der Waals surface area (Å²) in [6.45, 7) is 1.24. The molecule has 4 N–H and O–H groups in total. The number of benzene rings is 3. The van der Waals surface area contributed by atoms with E-state index in [0.717, 1.165) is 16.7 Å². The fraction of sp³-hybridized carbons (Fsp3) is 0.250. The number of nitrogens with two attached hydrogens (primary N) is 1. The van der Waals surface area contributed by atoms with E-state index in [0.29, 0.717) is 43.0 Å². The number of hydrogen-bond acceptors (Lipinski definition) is 6. The molecule has 8 nitrogen and oxygen atoms in total. The Morgan fingerprint density at radius 1 is 1.06 bits per heavy atom. The molecule has 186 valence electrons. The van der Waals surface area contributed by atoms with Crippen molar-refractivity contribution in [2.45, 2.75) is 32.0 Å². The monoisotopic (exact) mass is 486 g/mol. The van der Waals surface area contributed by atoms with Crippen LogP contribution in [-0.2, 0) is 33.8 Å². The van der Waals surface area contributed by atoms with Gasteiger partial charge in [0, 0.05) is 36.6 Å². The molecule has 0 saturated heterocycles. The van der Waals surface area contributed by atoms with Crippen molar-refractivity contribution in [2.24, 2.45) is 0 Å². The van der Waals surface area contributed by atoms with E-state index in [9.17, 15) is 14.4 Å². The Balaban J connectivity index is 1.52. The number of anilines is 2. The molecule has 1 atom stereocenters. The number of fused-ring (bicyclic) bond motifs is 1. The van der Waals surface area contributed by atoms with Crippen molar-refractivity contribution < 1.29 is 19.1 Å². The van der Waals surface area contributed by atoms with Gasteiger partial charge in [-0.15, -0.1) is 0 Å². The number of nitrogens with zero attached hydrogens (tertiary/aromatic N) is 1. The Labute approximate surface area is 210 Å². The van der Waals surface area contributed by atoms with Gasteiger partial charge >= 0.3 is 5.97 Å². The molecule has 36 heavy (non-hydrogen) atoms. The van der Waals surface area contributed by atoms with Crippen LogP contribution in [0.1, 0.15) is 33.5 Å². The predicted octanol–water partition coefficient (Wildman–Crippen LogP) is 3.13. The Morgan fingerprint density at radius 2 is 1.81 bits per heavy atom. The van der Waals surface area contributed by atoms with Crippen molar-refractivity contribution in [3.63, 3.8) is 0 Å².